The molecule has 6 heteroatoms. The van der Waals surface area contributed by atoms with Crippen LogP contribution in [0.15, 0.2) is 0 Å². The van der Waals surface area contributed by atoms with Gasteiger partial charge in [0.2, 0.25) is 5.91 Å². The number of nitro groups is 1. The van der Waals surface area contributed by atoms with E-state index in [1.54, 1.807) is 0 Å². The highest BCUT2D eigenvalue weighted by molar-refractivity contribution is 5.72. The molecule has 0 unspecified atom stereocenters. The Morgan fingerprint density at radius 2 is 2.20 bits per heavy atom. The van der Waals surface area contributed by atoms with Gasteiger partial charge in [0.15, 0.2) is 5.03 Å². The van der Waals surface area contributed by atoms with Gasteiger partial charge in [0.05, 0.1) is 6.54 Å². The molecule has 0 atom stereocenters. The molecule has 0 saturated heterocycles. The van der Waals surface area contributed by atoms with E-state index in [0.717, 1.165) is 0 Å². The highest BCUT2D eigenvalue weighted by atomic mass is 16.7. The second-order valence-electron chi connectivity index (χ2n) is 1.65. The summed E-state index contributed by atoms with van der Waals surface area (Å²) in [4.78, 5) is 19.8. The van der Waals surface area contributed by atoms with Crippen LogP contribution in [0.4, 0.5) is 0 Å². The van der Waals surface area contributed by atoms with E-state index in [9.17, 15) is 14.9 Å². The van der Waals surface area contributed by atoms with Crippen LogP contribution in [0.5, 0.6) is 0 Å². The van der Waals surface area contributed by atoms with E-state index in [4.69, 9.17) is 0 Å². The third-order valence-electron chi connectivity index (χ3n) is 0.740. The molecule has 0 aliphatic rings. The molecule has 6 nitrogen and oxygen atoms in total. The van der Waals surface area contributed by atoms with Crippen molar-refractivity contribution >= 4 is 5.91 Å². The van der Waals surface area contributed by atoms with Crippen molar-refractivity contribution in [3.63, 3.8) is 0 Å². The van der Waals surface area contributed by atoms with Crippen LogP contribution in [0.3, 0.4) is 0 Å². The van der Waals surface area contributed by atoms with E-state index in [2.05, 4.69) is 5.32 Å². The Balaban J connectivity index is 3.06. The van der Waals surface area contributed by atoms with Gasteiger partial charge in [0, 0.05) is 13.5 Å². The van der Waals surface area contributed by atoms with E-state index >= 15 is 0 Å². The Hall–Kier alpha value is -1.33. The summed E-state index contributed by atoms with van der Waals surface area (Å²) in [6, 6.07) is 0. The molecule has 0 saturated carbocycles. The minimum Gasteiger partial charge on any atom is -0.354 e. The molecule has 2 N–H and O–H groups in total. The fourth-order valence-electron chi connectivity index (χ4n) is 0.386. The van der Waals surface area contributed by atoms with Crippen LogP contribution < -0.4 is 10.7 Å². The molecule has 0 aromatic rings. The van der Waals surface area contributed by atoms with Crippen molar-refractivity contribution < 1.29 is 9.83 Å². The summed E-state index contributed by atoms with van der Waals surface area (Å²) < 4.78 is 0. The van der Waals surface area contributed by atoms with Gasteiger partial charge in [-0.15, -0.1) is 5.43 Å². The molecule has 1 amide bonds. The minimum atomic E-state index is -0.651. The SMILES string of the molecule is CC(=O)NCCN[N+](=O)[O-]. The van der Waals surface area contributed by atoms with Gasteiger partial charge in [-0.2, -0.15) is 0 Å². The Labute approximate surface area is 57.7 Å². The quantitative estimate of drug-likeness (QED) is 0.300. The number of hydrogen-bond donors (Lipinski definition) is 2. The van der Waals surface area contributed by atoms with Gasteiger partial charge in [-0.1, -0.05) is 0 Å². The standard InChI is InChI=1S/C4H9N3O3/c1-4(8)5-2-3-6-7(9)10/h6H,2-3H2,1H3,(H,5,8). The Morgan fingerprint density at radius 3 is 2.60 bits per heavy atom. The maximum Gasteiger partial charge on any atom is 0.216 e. The first-order valence-electron chi connectivity index (χ1n) is 2.75. The normalized spacial score (nSPS) is 8.50. The third kappa shape index (κ3) is 6.67. The van der Waals surface area contributed by atoms with Gasteiger partial charge >= 0.3 is 0 Å². The van der Waals surface area contributed by atoms with Crippen LogP contribution in [0.25, 0.3) is 0 Å². The minimum absolute atomic E-state index is 0.145. The number of hydrazine groups is 1. The Bertz CT molecular complexity index is 120. The molecule has 0 aliphatic heterocycles. The maximum atomic E-state index is 10.2. The van der Waals surface area contributed by atoms with Crippen molar-refractivity contribution in [2.24, 2.45) is 0 Å². The van der Waals surface area contributed by atoms with Gasteiger partial charge in [-0.25, -0.2) is 10.1 Å². The Kier molecular flexibility index (Phi) is 3.94. The first-order valence-corrected chi connectivity index (χ1v) is 2.75. The summed E-state index contributed by atoms with van der Waals surface area (Å²) in [7, 11) is 0. The van der Waals surface area contributed by atoms with Crippen LogP contribution in [-0.2, 0) is 4.79 Å². The molecule has 0 aromatic carbocycles. The van der Waals surface area contributed by atoms with Gasteiger partial charge < -0.3 is 5.32 Å². The average Bonchev–Trinajstić information content (AvgIpc) is 1.79. The molecule has 0 fully saturated rings. The number of nitrogens with one attached hydrogen (secondary N) is 2. The molecule has 0 aliphatic carbocycles. The predicted octanol–water partition coefficient (Wildman–Crippen LogP) is -1.10. The van der Waals surface area contributed by atoms with E-state index in [1.165, 1.54) is 6.92 Å². The first kappa shape index (κ1) is 8.67. The van der Waals surface area contributed by atoms with Gasteiger partial charge in [0.1, 0.15) is 0 Å². The molecule has 0 radical (unpaired) electrons. The summed E-state index contributed by atoms with van der Waals surface area (Å²) in [6.45, 7) is 1.77. The zero-order valence-electron chi connectivity index (χ0n) is 5.59. The van der Waals surface area contributed by atoms with E-state index in [-0.39, 0.29) is 19.0 Å². The molecule has 10 heavy (non-hydrogen) atoms. The van der Waals surface area contributed by atoms with Crippen molar-refractivity contribution in [3.05, 3.63) is 10.1 Å². The fraction of sp³-hybridized carbons (Fsp3) is 0.750. The summed E-state index contributed by atoms with van der Waals surface area (Å²) >= 11 is 0. The monoisotopic (exact) mass is 147 g/mol. The lowest BCUT2D eigenvalue weighted by Crippen LogP contribution is -2.32. The smallest absolute Gasteiger partial charge is 0.216 e. The molecule has 58 valence electrons. The molecule has 0 aromatic heterocycles. The third-order valence-corrected chi connectivity index (χ3v) is 0.740. The number of amides is 1. The zero-order valence-corrected chi connectivity index (χ0v) is 5.59. The maximum absolute atomic E-state index is 10.2. The largest absolute Gasteiger partial charge is 0.354 e. The van der Waals surface area contributed by atoms with Gasteiger partial charge in [-0.3, -0.25) is 4.79 Å². The van der Waals surface area contributed by atoms with Crippen LogP contribution in [0.1, 0.15) is 6.92 Å². The summed E-state index contributed by atoms with van der Waals surface area (Å²) in [5, 5.41) is 11.4. The highest BCUT2D eigenvalue weighted by Gasteiger charge is 1.93. The van der Waals surface area contributed by atoms with Crippen molar-refractivity contribution in [1.29, 1.82) is 0 Å². The van der Waals surface area contributed by atoms with Crippen LogP contribution in [0, 0.1) is 10.1 Å². The molecule has 0 heterocycles. The topological polar surface area (TPSA) is 84.3 Å². The van der Waals surface area contributed by atoms with Gasteiger partial charge in [-0.05, 0) is 0 Å². The van der Waals surface area contributed by atoms with Crippen molar-refractivity contribution in [3.8, 4) is 0 Å². The number of carbonyl (C=O) groups excluding carboxylic acids is 1. The summed E-state index contributed by atoms with van der Waals surface area (Å²) in [5.41, 5.74) is 1.91. The predicted molar refractivity (Wildman–Crippen MR) is 33.7 cm³/mol. The molecular weight excluding hydrogens is 138 g/mol. The van der Waals surface area contributed by atoms with Gasteiger partial charge in [0.25, 0.3) is 0 Å². The first-order chi connectivity index (χ1) is 4.63. The summed E-state index contributed by atoms with van der Waals surface area (Å²) in [5.74, 6) is -0.190. The number of carbonyl (C=O) groups is 1. The molecule has 0 spiro atoms. The lowest BCUT2D eigenvalue weighted by molar-refractivity contribution is -0.543. The van der Waals surface area contributed by atoms with Crippen LogP contribution >= 0.6 is 0 Å². The molecule has 0 rings (SSSR count). The van der Waals surface area contributed by atoms with Crippen LogP contribution in [-0.4, -0.2) is 24.0 Å². The Morgan fingerprint density at radius 1 is 1.60 bits per heavy atom. The van der Waals surface area contributed by atoms with Crippen molar-refractivity contribution in [2.75, 3.05) is 13.1 Å². The number of rotatable bonds is 4. The number of hydrogen-bond acceptors (Lipinski definition) is 3. The molecular formula is C4H9N3O3. The second kappa shape index (κ2) is 4.54. The fourth-order valence-corrected chi connectivity index (χ4v) is 0.386. The lowest BCUT2D eigenvalue weighted by atomic mass is 10.6. The average molecular weight is 147 g/mol. The lowest BCUT2D eigenvalue weighted by Gasteiger charge is -1.97. The molecule has 0 bridgehead atoms. The summed E-state index contributed by atoms with van der Waals surface area (Å²) in [6.07, 6.45) is 0. The number of nitrogens with zero attached hydrogens (tertiary/aromatic N) is 1. The zero-order chi connectivity index (χ0) is 7.98. The second-order valence-corrected chi connectivity index (χ2v) is 1.65. The highest BCUT2D eigenvalue weighted by Crippen LogP contribution is 1.61. The van der Waals surface area contributed by atoms with Crippen molar-refractivity contribution in [1.82, 2.24) is 10.7 Å². The van der Waals surface area contributed by atoms with Crippen LogP contribution in [0.2, 0.25) is 0 Å². The van der Waals surface area contributed by atoms with E-state index in [0.29, 0.717) is 0 Å². The van der Waals surface area contributed by atoms with Crippen molar-refractivity contribution in [2.45, 2.75) is 6.92 Å². The van der Waals surface area contributed by atoms with E-state index < -0.39 is 5.03 Å². The van der Waals surface area contributed by atoms with E-state index in [1.807, 2.05) is 5.43 Å².